The number of hydrogen-bond acceptors (Lipinski definition) is 4. The minimum absolute atomic E-state index is 0.154. The van der Waals surface area contributed by atoms with Crippen LogP contribution in [0.3, 0.4) is 0 Å². The Balaban J connectivity index is 1.97. The molecule has 24 heavy (non-hydrogen) atoms. The van der Waals surface area contributed by atoms with Crippen LogP contribution in [-0.4, -0.2) is 39.3 Å². The second-order valence-corrected chi connectivity index (χ2v) is 8.74. The van der Waals surface area contributed by atoms with E-state index in [1.54, 1.807) is 23.5 Å². The van der Waals surface area contributed by atoms with Crippen molar-refractivity contribution in [3.05, 3.63) is 46.7 Å². The first-order chi connectivity index (χ1) is 11.3. The van der Waals surface area contributed by atoms with Crippen molar-refractivity contribution in [2.75, 3.05) is 26.0 Å². The maximum atomic E-state index is 12.1. The Morgan fingerprint density at radius 3 is 2.67 bits per heavy atom. The molecule has 0 fully saturated rings. The lowest BCUT2D eigenvalue weighted by atomic mass is 10.2. The molecule has 0 saturated carbocycles. The zero-order chi connectivity index (χ0) is 17.7. The number of nitrogens with one attached hydrogen (secondary N) is 1. The fraction of sp³-hybridized carbons (Fsp3) is 0.312. The summed E-state index contributed by atoms with van der Waals surface area (Å²) in [5.41, 5.74) is 0.472. The highest BCUT2D eigenvalue weighted by Crippen LogP contribution is 2.18. The number of hydrogen-bond donors (Lipinski definition) is 2. The Morgan fingerprint density at radius 1 is 1.29 bits per heavy atom. The van der Waals surface area contributed by atoms with Crippen LogP contribution in [0.2, 0.25) is 0 Å². The molecule has 0 radical (unpaired) electrons. The fourth-order valence-corrected chi connectivity index (χ4v) is 3.84. The molecule has 6 nitrogen and oxygen atoms in total. The quantitative estimate of drug-likeness (QED) is 0.772. The number of benzene rings is 1. The number of sulfonamides is 1. The zero-order valence-corrected chi connectivity index (χ0v) is 15.5. The molecule has 1 aromatic heterocycles. The van der Waals surface area contributed by atoms with Gasteiger partial charge in [0.15, 0.2) is 6.54 Å². The first kappa shape index (κ1) is 18.6. The van der Waals surface area contributed by atoms with E-state index in [-0.39, 0.29) is 23.4 Å². The lowest BCUT2D eigenvalue weighted by Crippen LogP contribution is -2.86. The van der Waals surface area contributed by atoms with Crippen molar-refractivity contribution in [3.8, 4) is 0 Å². The third kappa shape index (κ3) is 4.64. The van der Waals surface area contributed by atoms with Crippen molar-refractivity contribution >= 4 is 33.0 Å². The van der Waals surface area contributed by atoms with Crippen LogP contribution in [-0.2, 0) is 14.8 Å². The van der Waals surface area contributed by atoms with E-state index >= 15 is 0 Å². The van der Waals surface area contributed by atoms with Gasteiger partial charge in [0.2, 0.25) is 10.0 Å². The van der Waals surface area contributed by atoms with Crippen molar-refractivity contribution in [3.63, 3.8) is 0 Å². The van der Waals surface area contributed by atoms with Crippen molar-refractivity contribution < 1.29 is 18.5 Å². The van der Waals surface area contributed by atoms with E-state index in [0.29, 0.717) is 5.69 Å². The van der Waals surface area contributed by atoms with E-state index < -0.39 is 10.0 Å². The number of thiophene rings is 1. The highest BCUT2D eigenvalue weighted by Gasteiger charge is 2.18. The molecule has 0 bridgehead atoms. The van der Waals surface area contributed by atoms with Gasteiger partial charge in [0, 0.05) is 19.8 Å². The summed E-state index contributed by atoms with van der Waals surface area (Å²) in [6.45, 7) is 2.31. The molecule has 1 aromatic carbocycles. The Bertz CT molecular complexity index is 787. The molecule has 2 aromatic rings. The van der Waals surface area contributed by atoms with Crippen LogP contribution in [0.4, 0.5) is 5.69 Å². The van der Waals surface area contributed by atoms with Crippen LogP contribution in [0.1, 0.15) is 17.8 Å². The molecule has 1 amide bonds. The Morgan fingerprint density at radius 2 is 2.04 bits per heavy atom. The Hall–Kier alpha value is -1.74. The number of anilines is 1. The molecular formula is C16H22N3O3S2+. The van der Waals surface area contributed by atoms with Gasteiger partial charge in [-0.05, 0) is 36.6 Å². The van der Waals surface area contributed by atoms with Gasteiger partial charge in [0.05, 0.1) is 9.77 Å². The van der Waals surface area contributed by atoms with Gasteiger partial charge in [-0.1, -0.05) is 12.1 Å². The van der Waals surface area contributed by atoms with Gasteiger partial charge in [0.1, 0.15) is 6.04 Å². The third-order valence-electron chi connectivity index (χ3n) is 3.55. The summed E-state index contributed by atoms with van der Waals surface area (Å²) in [5, 5.41) is 6.70. The standard InChI is InChI=1S/C16H21N3O3S2/c1-12(15-8-5-9-23-15)17-11-16(20)18-13-6-4-7-14(10-13)24(21,22)19(2)3/h4-10,12,17H,11H2,1-3H3,(H,18,20)/p+1/t12-/m1/s1. The van der Waals surface area contributed by atoms with E-state index in [9.17, 15) is 13.2 Å². The van der Waals surface area contributed by atoms with E-state index in [4.69, 9.17) is 0 Å². The van der Waals surface area contributed by atoms with Crippen molar-refractivity contribution in [1.82, 2.24) is 4.31 Å². The van der Waals surface area contributed by atoms with Gasteiger partial charge < -0.3 is 10.6 Å². The van der Waals surface area contributed by atoms with Crippen LogP contribution in [0, 0.1) is 0 Å². The topological polar surface area (TPSA) is 83.1 Å². The van der Waals surface area contributed by atoms with Gasteiger partial charge in [-0.2, -0.15) is 0 Å². The highest BCUT2D eigenvalue weighted by atomic mass is 32.2. The molecule has 3 N–H and O–H groups in total. The first-order valence-corrected chi connectivity index (χ1v) is 9.82. The van der Waals surface area contributed by atoms with Crippen LogP contribution in [0.5, 0.6) is 0 Å². The summed E-state index contributed by atoms with van der Waals surface area (Å²) in [6.07, 6.45) is 0. The fourth-order valence-electron chi connectivity index (χ4n) is 2.11. The van der Waals surface area contributed by atoms with Crippen molar-refractivity contribution in [2.24, 2.45) is 0 Å². The van der Waals surface area contributed by atoms with Crippen molar-refractivity contribution in [1.29, 1.82) is 0 Å². The van der Waals surface area contributed by atoms with Crippen LogP contribution in [0.15, 0.2) is 46.7 Å². The maximum Gasteiger partial charge on any atom is 0.279 e. The largest absolute Gasteiger partial charge is 0.332 e. The zero-order valence-electron chi connectivity index (χ0n) is 13.9. The van der Waals surface area contributed by atoms with Gasteiger partial charge in [-0.15, -0.1) is 11.3 Å². The maximum absolute atomic E-state index is 12.1. The number of carbonyl (C=O) groups excluding carboxylic acids is 1. The van der Waals surface area contributed by atoms with Crippen LogP contribution < -0.4 is 10.6 Å². The Kier molecular flexibility index (Phi) is 6.11. The molecule has 0 saturated heterocycles. The number of rotatable bonds is 7. The summed E-state index contributed by atoms with van der Waals surface area (Å²) >= 11 is 1.66. The van der Waals surface area contributed by atoms with E-state index in [2.05, 4.69) is 5.32 Å². The molecule has 130 valence electrons. The summed E-state index contributed by atoms with van der Waals surface area (Å²) in [7, 11) is -0.567. The predicted molar refractivity (Wildman–Crippen MR) is 95.5 cm³/mol. The monoisotopic (exact) mass is 368 g/mol. The number of carbonyl (C=O) groups is 1. The van der Waals surface area contributed by atoms with Crippen LogP contribution >= 0.6 is 11.3 Å². The van der Waals surface area contributed by atoms with Gasteiger partial charge in [-0.25, -0.2) is 12.7 Å². The molecule has 0 aliphatic rings. The second kappa shape index (κ2) is 7.89. The van der Waals surface area contributed by atoms with Gasteiger partial charge in [-0.3, -0.25) is 4.79 Å². The van der Waals surface area contributed by atoms with Crippen LogP contribution in [0.25, 0.3) is 0 Å². The summed E-state index contributed by atoms with van der Waals surface area (Å²) < 4.78 is 25.4. The highest BCUT2D eigenvalue weighted by molar-refractivity contribution is 7.89. The lowest BCUT2D eigenvalue weighted by molar-refractivity contribution is -0.681. The van der Waals surface area contributed by atoms with Gasteiger partial charge >= 0.3 is 0 Å². The average Bonchev–Trinajstić information content (AvgIpc) is 3.07. The molecule has 8 heteroatoms. The van der Waals surface area contributed by atoms with Gasteiger partial charge in [0.25, 0.3) is 5.91 Å². The smallest absolute Gasteiger partial charge is 0.279 e. The normalized spacial score (nSPS) is 13.0. The molecule has 0 unspecified atom stereocenters. The molecule has 1 atom stereocenters. The molecule has 0 aliphatic carbocycles. The number of amides is 1. The number of nitrogens with zero attached hydrogens (tertiary/aromatic N) is 1. The predicted octanol–water partition coefficient (Wildman–Crippen LogP) is 1.26. The second-order valence-electron chi connectivity index (χ2n) is 5.61. The third-order valence-corrected chi connectivity index (χ3v) is 6.43. The summed E-state index contributed by atoms with van der Waals surface area (Å²) in [6, 6.07) is 10.5. The van der Waals surface area contributed by atoms with Crippen molar-refractivity contribution in [2.45, 2.75) is 17.9 Å². The van der Waals surface area contributed by atoms with E-state index in [0.717, 1.165) is 4.31 Å². The number of quaternary nitrogens is 1. The molecule has 0 spiro atoms. The molecule has 0 aliphatic heterocycles. The SMILES string of the molecule is C[C@@H]([NH2+]CC(=O)Nc1cccc(S(=O)(=O)N(C)C)c1)c1cccs1. The average molecular weight is 369 g/mol. The first-order valence-electron chi connectivity index (χ1n) is 7.50. The lowest BCUT2D eigenvalue weighted by Gasteiger charge is -2.13. The van der Waals surface area contributed by atoms with E-state index in [1.165, 1.54) is 31.1 Å². The molecule has 2 rings (SSSR count). The van der Waals surface area contributed by atoms with E-state index in [1.807, 2.05) is 29.8 Å². The number of nitrogens with two attached hydrogens (primary N) is 1. The minimum atomic E-state index is -3.51. The summed E-state index contributed by atoms with van der Waals surface area (Å²) in [4.78, 5) is 13.4. The summed E-state index contributed by atoms with van der Waals surface area (Å²) in [5.74, 6) is -0.169. The molecule has 1 heterocycles. The minimum Gasteiger partial charge on any atom is -0.332 e. The Labute approximate surface area is 146 Å². The molecular weight excluding hydrogens is 346 g/mol.